The molecule has 0 aliphatic carbocycles. The summed E-state index contributed by atoms with van der Waals surface area (Å²) in [5.74, 6) is 0. The molecule has 0 amide bonds. The summed E-state index contributed by atoms with van der Waals surface area (Å²) < 4.78 is 2.96. The predicted octanol–water partition coefficient (Wildman–Crippen LogP) is 0.553. The van der Waals surface area contributed by atoms with Gasteiger partial charge in [-0.2, -0.15) is 5.10 Å². The molecule has 1 aliphatic heterocycles. The summed E-state index contributed by atoms with van der Waals surface area (Å²) >= 11 is 0. The van der Waals surface area contributed by atoms with Crippen LogP contribution >= 0.6 is 0 Å². The molecule has 4 rings (SSSR count). The second kappa shape index (κ2) is 6.76. The van der Waals surface area contributed by atoms with Gasteiger partial charge in [0.1, 0.15) is 0 Å². The van der Waals surface area contributed by atoms with E-state index in [0.29, 0.717) is 5.56 Å². The second-order valence-electron chi connectivity index (χ2n) is 6.54. The average Bonchev–Trinajstić information content (AvgIpc) is 2.68. The van der Waals surface area contributed by atoms with Gasteiger partial charge in [0.2, 0.25) is 0 Å². The van der Waals surface area contributed by atoms with E-state index in [1.54, 1.807) is 23.9 Å². The molecule has 0 atom stereocenters. The van der Waals surface area contributed by atoms with Crippen LogP contribution in [0.1, 0.15) is 5.56 Å². The van der Waals surface area contributed by atoms with Crippen LogP contribution in [0.4, 0.5) is 5.69 Å². The summed E-state index contributed by atoms with van der Waals surface area (Å²) in [6, 6.07) is 11.2. The standard InChI is InChI=1S/C19H21N5O2/c1-22-17-5-3-2-4-14(17)10-15(19(22)26)13-24-18(25)11-16(12-21-24)23-8-6-20-7-9-23/h2-5,10-12,20H,6-9,13H2,1H3. The molecule has 2 aromatic heterocycles. The number of para-hydroxylation sites is 1. The molecule has 134 valence electrons. The summed E-state index contributed by atoms with van der Waals surface area (Å²) in [4.78, 5) is 27.3. The highest BCUT2D eigenvalue weighted by Gasteiger charge is 2.13. The Balaban J connectivity index is 1.67. The van der Waals surface area contributed by atoms with Crippen LogP contribution in [0.2, 0.25) is 0 Å². The maximum Gasteiger partial charge on any atom is 0.269 e. The lowest BCUT2D eigenvalue weighted by molar-refractivity contribution is 0.581. The van der Waals surface area contributed by atoms with Crippen molar-refractivity contribution in [2.24, 2.45) is 7.05 Å². The summed E-state index contributed by atoms with van der Waals surface area (Å²) in [5, 5.41) is 8.55. The van der Waals surface area contributed by atoms with Crippen molar-refractivity contribution in [3.05, 3.63) is 68.9 Å². The molecule has 0 radical (unpaired) electrons. The molecule has 1 aromatic carbocycles. The number of anilines is 1. The van der Waals surface area contributed by atoms with Crippen molar-refractivity contribution in [2.45, 2.75) is 6.54 Å². The van der Waals surface area contributed by atoms with Gasteiger partial charge in [0.15, 0.2) is 0 Å². The zero-order valence-electron chi connectivity index (χ0n) is 14.7. The number of hydrogen-bond acceptors (Lipinski definition) is 5. The first kappa shape index (κ1) is 16.5. The smallest absolute Gasteiger partial charge is 0.269 e. The number of rotatable bonds is 3. The van der Waals surface area contributed by atoms with Gasteiger partial charge in [-0.05, 0) is 17.5 Å². The number of pyridine rings is 1. The van der Waals surface area contributed by atoms with Gasteiger partial charge in [0, 0.05) is 44.9 Å². The minimum atomic E-state index is -0.198. The molecule has 26 heavy (non-hydrogen) atoms. The molecule has 7 heteroatoms. The van der Waals surface area contributed by atoms with Crippen molar-refractivity contribution in [2.75, 3.05) is 31.1 Å². The lowest BCUT2D eigenvalue weighted by Crippen LogP contribution is -2.44. The first-order valence-corrected chi connectivity index (χ1v) is 8.74. The van der Waals surface area contributed by atoms with Crippen LogP contribution in [-0.2, 0) is 13.6 Å². The van der Waals surface area contributed by atoms with Gasteiger partial charge in [-0.3, -0.25) is 9.59 Å². The molecule has 1 aliphatic rings. The summed E-state index contributed by atoms with van der Waals surface area (Å²) in [5.41, 5.74) is 1.95. The zero-order valence-corrected chi connectivity index (χ0v) is 14.7. The minimum Gasteiger partial charge on any atom is -0.368 e. The number of nitrogens with zero attached hydrogens (tertiary/aromatic N) is 4. The Hall–Kier alpha value is -2.93. The molecule has 0 spiro atoms. The largest absolute Gasteiger partial charge is 0.368 e. The van der Waals surface area contributed by atoms with Gasteiger partial charge in [0.25, 0.3) is 11.1 Å². The fourth-order valence-electron chi connectivity index (χ4n) is 3.40. The maximum atomic E-state index is 12.6. The third-order valence-corrected chi connectivity index (χ3v) is 4.86. The number of aromatic nitrogens is 3. The molecule has 0 unspecified atom stereocenters. The van der Waals surface area contributed by atoms with Crippen LogP contribution in [0.15, 0.2) is 52.2 Å². The van der Waals surface area contributed by atoms with Gasteiger partial charge in [-0.25, -0.2) is 4.68 Å². The van der Waals surface area contributed by atoms with E-state index in [9.17, 15) is 9.59 Å². The van der Waals surface area contributed by atoms with Gasteiger partial charge in [0.05, 0.1) is 23.9 Å². The van der Waals surface area contributed by atoms with E-state index in [2.05, 4.69) is 15.3 Å². The van der Waals surface area contributed by atoms with Crippen LogP contribution in [0.5, 0.6) is 0 Å². The molecular weight excluding hydrogens is 330 g/mol. The molecule has 3 aromatic rings. The number of fused-ring (bicyclic) bond motifs is 1. The Bertz CT molecular complexity index is 1060. The molecule has 0 saturated carbocycles. The van der Waals surface area contributed by atoms with Crippen LogP contribution < -0.4 is 21.3 Å². The number of nitrogens with one attached hydrogen (secondary N) is 1. The van der Waals surface area contributed by atoms with E-state index in [-0.39, 0.29) is 17.7 Å². The number of hydrogen-bond donors (Lipinski definition) is 1. The van der Waals surface area contributed by atoms with E-state index in [1.165, 1.54) is 4.68 Å². The highest BCUT2D eigenvalue weighted by Crippen LogP contribution is 2.13. The topological polar surface area (TPSA) is 72.2 Å². The van der Waals surface area contributed by atoms with Crippen molar-refractivity contribution in [1.29, 1.82) is 0 Å². The van der Waals surface area contributed by atoms with Crippen molar-refractivity contribution in [3.8, 4) is 0 Å². The Kier molecular flexibility index (Phi) is 4.30. The fourth-order valence-corrected chi connectivity index (χ4v) is 3.40. The van der Waals surface area contributed by atoms with Gasteiger partial charge >= 0.3 is 0 Å². The third-order valence-electron chi connectivity index (χ3n) is 4.86. The normalized spacial score (nSPS) is 14.7. The zero-order chi connectivity index (χ0) is 18.1. The van der Waals surface area contributed by atoms with Crippen molar-refractivity contribution in [3.63, 3.8) is 0 Å². The summed E-state index contributed by atoms with van der Waals surface area (Å²) in [7, 11) is 1.75. The quantitative estimate of drug-likeness (QED) is 0.746. The average molecular weight is 351 g/mol. The van der Waals surface area contributed by atoms with Crippen LogP contribution in [-0.4, -0.2) is 40.5 Å². The first-order chi connectivity index (χ1) is 12.6. The second-order valence-corrected chi connectivity index (χ2v) is 6.54. The van der Waals surface area contributed by atoms with Gasteiger partial charge in [-0.15, -0.1) is 0 Å². The van der Waals surface area contributed by atoms with E-state index in [1.807, 2.05) is 30.3 Å². The van der Waals surface area contributed by atoms with Crippen molar-refractivity contribution < 1.29 is 0 Å². The molecule has 1 N–H and O–H groups in total. The van der Waals surface area contributed by atoms with Crippen LogP contribution in [0.3, 0.4) is 0 Å². The number of aryl methyl sites for hydroxylation is 1. The Morgan fingerprint density at radius 2 is 1.88 bits per heavy atom. The lowest BCUT2D eigenvalue weighted by atomic mass is 10.1. The highest BCUT2D eigenvalue weighted by atomic mass is 16.1. The van der Waals surface area contributed by atoms with E-state index < -0.39 is 0 Å². The number of piperazine rings is 1. The van der Waals surface area contributed by atoms with Gasteiger partial charge in [-0.1, -0.05) is 18.2 Å². The monoisotopic (exact) mass is 351 g/mol. The highest BCUT2D eigenvalue weighted by molar-refractivity contribution is 5.79. The van der Waals surface area contributed by atoms with Gasteiger partial charge < -0.3 is 14.8 Å². The van der Waals surface area contributed by atoms with E-state index in [4.69, 9.17) is 0 Å². The molecular formula is C19H21N5O2. The van der Waals surface area contributed by atoms with Crippen molar-refractivity contribution >= 4 is 16.6 Å². The molecule has 1 fully saturated rings. The lowest BCUT2D eigenvalue weighted by Gasteiger charge is -2.28. The molecule has 1 saturated heterocycles. The van der Waals surface area contributed by atoms with E-state index >= 15 is 0 Å². The van der Waals surface area contributed by atoms with Crippen molar-refractivity contribution in [1.82, 2.24) is 19.7 Å². The Morgan fingerprint density at radius 3 is 2.65 bits per heavy atom. The predicted molar refractivity (Wildman–Crippen MR) is 102 cm³/mol. The summed E-state index contributed by atoms with van der Waals surface area (Å²) in [6.07, 6.45) is 1.71. The molecule has 0 bridgehead atoms. The first-order valence-electron chi connectivity index (χ1n) is 8.74. The SMILES string of the molecule is Cn1c(=O)c(Cn2ncc(N3CCNCC3)cc2=O)cc2ccccc21. The third kappa shape index (κ3) is 3.01. The maximum absolute atomic E-state index is 12.6. The minimum absolute atomic E-state index is 0.108. The molecule has 7 nitrogen and oxygen atoms in total. The van der Waals surface area contributed by atoms with Crippen LogP contribution in [0.25, 0.3) is 10.9 Å². The fraction of sp³-hybridized carbons (Fsp3) is 0.316. The Morgan fingerprint density at radius 1 is 1.12 bits per heavy atom. The Labute approximate surface area is 150 Å². The summed E-state index contributed by atoms with van der Waals surface area (Å²) in [6.45, 7) is 3.68. The number of benzene rings is 1. The van der Waals surface area contributed by atoms with E-state index in [0.717, 1.165) is 42.8 Å². The molecule has 3 heterocycles. The van der Waals surface area contributed by atoms with Crippen LogP contribution in [0, 0.1) is 0 Å².